The predicted octanol–water partition coefficient (Wildman–Crippen LogP) is 0.0514. The lowest BCUT2D eigenvalue weighted by Crippen LogP contribution is -2.49. The van der Waals surface area contributed by atoms with Gasteiger partial charge in [-0.1, -0.05) is 0 Å². The zero-order valence-corrected chi connectivity index (χ0v) is 14.4. The maximum Gasteiger partial charge on any atom is 0.317 e. The van der Waals surface area contributed by atoms with E-state index in [0.717, 1.165) is 32.4 Å². The molecule has 0 aromatic heterocycles. The van der Waals surface area contributed by atoms with Gasteiger partial charge in [0, 0.05) is 32.2 Å². The average molecular weight is 332 g/mol. The van der Waals surface area contributed by atoms with E-state index in [9.17, 15) is 13.2 Å². The van der Waals surface area contributed by atoms with E-state index in [0.29, 0.717) is 25.7 Å². The van der Waals surface area contributed by atoms with Crippen molar-refractivity contribution in [3.63, 3.8) is 0 Å². The van der Waals surface area contributed by atoms with Crippen LogP contribution in [-0.2, 0) is 10.0 Å². The summed E-state index contributed by atoms with van der Waals surface area (Å²) in [5.74, 6) is 0.198. The summed E-state index contributed by atoms with van der Waals surface area (Å²) in [4.78, 5) is 16.4. The number of rotatable bonds is 5. The molecule has 7 nitrogen and oxygen atoms in total. The molecule has 0 bridgehead atoms. The summed E-state index contributed by atoms with van der Waals surface area (Å²) in [6.45, 7) is 3.58. The molecule has 2 aliphatic heterocycles. The van der Waals surface area contributed by atoms with Crippen LogP contribution in [0.4, 0.5) is 4.79 Å². The minimum Gasteiger partial charge on any atom is -0.336 e. The Bertz CT molecular complexity index is 482. The third kappa shape index (κ3) is 5.40. The van der Waals surface area contributed by atoms with Gasteiger partial charge in [0.25, 0.3) is 0 Å². The SMILES string of the molecule is CN1CCCC1CNC(=O)N1CCCC(CNS(C)(=O)=O)C1. The highest BCUT2D eigenvalue weighted by atomic mass is 32.2. The summed E-state index contributed by atoms with van der Waals surface area (Å²) in [5.41, 5.74) is 0. The third-order valence-corrected chi connectivity index (χ3v) is 5.29. The van der Waals surface area contributed by atoms with Crippen molar-refractivity contribution in [2.45, 2.75) is 31.7 Å². The molecule has 8 heteroatoms. The van der Waals surface area contributed by atoms with Crippen molar-refractivity contribution in [1.29, 1.82) is 0 Å². The number of urea groups is 1. The first-order valence-electron chi connectivity index (χ1n) is 8.03. The molecule has 0 aromatic rings. The van der Waals surface area contributed by atoms with E-state index in [1.807, 2.05) is 4.90 Å². The monoisotopic (exact) mass is 332 g/mol. The normalized spacial score (nSPS) is 27.1. The van der Waals surface area contributed by atoms with Gasteiger partial charge in [0.15, 0.2) is 0 Å². The molecule has 2 saturated heterocycles. The molecule has 128 valence electrons. The number of piperidine rings is 1. The molecular formula is C14H28N4O3S. The van der Waals surface area contributed by atoms with Crippen LogP contribution < -0.4 is 10.0 Å². The topological polar surface area (TPSA) is 81.8 Å². The van der Waals surface area contributed by atoms with E-state index in [2.05, 4.69) is 22.0 Å². The van der Waals surface area contributed by atoms with Crippen molar-refractivity contribution in [3.8, 4) is 0 Å². The molecule has 0 spiro atoms. The number of nitrogens with zero attached hydrogens (tertiary/aromatic N) is 2. The summed E-state index contributed by atoms with van der Waals surface area (Å²) in [6.07, 6.45) is 5.38. The van der Waals surface area contributed by atoms with Gasteiger partial charge in [-0.2, -0.15) is 0 Å². The molecule has 2 heterocycles. The van der Waals surface area contributed by atoms with Crippen LogP contribution in [0.15, 0.2) is 0 Å². The van der Waals surface area contributed by atoms with Crippen molar-refractivity contribution in [2.24, 2.45) is 5.92 Å². The Labute approximate surface area is 133 Å². The van der Waals surface area contributed by atoms with Crippen LogP contribution in [0.2, 0.25) is 0 Å². The molecule has 2 amide bonds. The van der Waals surface area contributed by atoms with Gasteiger partial charge in [0.2, 0.25) is 10.0 Å². The Hall–Kier alpha value is -0.860. The first-order chi connectivity index (χ1) is 10.3. The van der Waals surface area contributed by atoms with E-state index >= 15 is 0 Å². The first kappa shape index (κ1) is 17.5. The number of sulfonamides is 1. The second-order valence-corrected chi connectivity index (χ2v) is 8.37. The smallest absolute Gasteiger partial charge is 0.317 e. The van der Waals surface area contributed by atoms with Crippen molar-refractivity contribution in [1.82, 2.24) is 19.8 Å². The molecule has 2 rings (SSSR count). The summed E-state index contributed by atoms with van der Waals surface area (Å²) in [5, 5.41) is 3.02. The van der Waals surface area contributed by atoms with Crippen LogP contribution in [0, 0.1) is 5.92 Å². The highest BCUT2D eigenvalue weighted by Crippen LogP contribution is 2.17. The zero-order chi connectivity index (χ0) is 16.2. The van der Waals surface area contributed by atoms with E-state index in [1.165, 1.54) is 12.7 Å². The minimum atomic E-state index is -3.16. The largest absolute Gasteiger partial charge is 0.336 e. The van der Waals surface area contributed by atoms with E-state index in [4.69, 9.17) is 0 Å². The Morgan fingerprint density at radius 1 is 1.18 bits per heavy atom. The summed E-state index contributed by atoms with van der Waals surface area (Å²) in [7, 11) is -1.07. The predicted molar refractivity (Wildman–Crippen MR) is 86.2 cm³/mol. The molecule has 22 heavy (non-hydrogen) atoms. The lowest BCUT2D eigenvalue weighted by atomic mass is 9.99. The Balaban J connectivity index is 1.75. The highest BCUT2D eigenvalue weighted by Gasteiger charge is 2.26. The Kier molecular flexibility index (Phi) is 6.05. The molecule has 2 atom stereocenters. The summed E-state index contributed by atoms with van der Waals surface area (Å²) >= 11 is 0. The van der Waals surface area contributed by atoms with Crippen LogP contribution in [0.5, 0.6) is 0 Å². The molecule has 0 radical (unpaired) electrons. The number of nitrogens with one attached hydrogen (secondary N) is 2. The number of likely N-dealkylation sites (tertiary alicyclic amines) is 2. The van der Waals surface area contributed by atoms with Gasteiger partial charge in [0.1, 0.15) is 0 Å². The standard InChI is InChI=1S/C14H28N4O3S/c1-17-7-4-6-13(17)10-15-14(19)18-8-3-5-12(11-18)9-16-22(2,20)21/h12-13,16H,3-11H2,1-2H3,(H,15,19). The second-order valence-electron chi connectivity index (χ2n) is 6.54. The number of amides is 2. The molecule has 2 unspecified atom stereocenters. The summed E-state index contributed by atoms with van der Waals surface area (Å²) in [6, 6.07) is 0.417. The van der Waals surface area contributed by atoms with Crippen molar-refractivity contribution in [3.05, 3.63) is 0 Å². The molecular weight excluding hydrogens is 304 g/mol. The first-order valence-corrected chi connectivity index (χ1v) is 9.92. The lowest BCUT2D eigenvalue weighted by Gasteiger charge is -2.33. The molecule has 2 fully saturated rings. The third-order valence-electron chi connectivity index (χ3n) is 4.60. The average Bonchev–Trinajstić information content (AvgIpc) is 2.87. The fraction of sp³-hybridized carbons (Fsp3) is 0.929. The van der Waals surface area contributed by atoms with E-state index < -0.39 is 10.0 Å². The summed E-state index contributed by atoms with van der Waals surface area (Å²) < 4.78 is 24.9. The molecule has 0 aromatic carbocycles. The van der Waals surface area contributed by atoms with Gasteiger partial charge >= 0.3 is 6.03 Å². The lowest BCUT2D eigenvalue weighted by molar-refractivity contribution is 0.163. The van der Waals surface area contributed by atoms with E-state index in [1.54, 1.807) is 0 Å². The van der Waals surface area contributed by atoms with Crippen LogP contribution >= 0.6 is 0 Å². The molecule has 2 aliphatic rings. The van der Waals surface area contributed by atoms with Gasteiger partial charge in [0.05, 0.1) is 6.26 Å². The van der Waals surface area contributed by atoms with Crippen molar-refractivity contribution >= 4 is 16.1 Å². The second kappa shape index (κ2) is 7.61. The van der Waals surface area contributed by atoms with Gasteiger partial charge in [-0.15, -0.1) is 0 Å². The number of hydrogen-bond donors (Lipinski definition) is 2. The van der Waals surface area contributed by atoms with Crippen LogP contribution in [0.1, 0.15) is 25.7 Å². The minimum absolute atomic E-state index is 0.0237. The maximum absolute atomic E-state index is 12.3. The van der Waals surface area contributed by atoms with Gasteiger partial charge < -0.3 is 15.1 Å². The van der Waals surface area contributed by atoms with E-state index in [-0.39, 0.29) is 11.9 Å². The Morgan fingerprint density at radius 3 is 2.55 bits per heavy atom. The quantitative estimate of drug-likeness (QED) is 0.745. The van der Waals surface area contributed by atoms with Crippen LogP contribution in [0.3, 0.4) is 0 Å². The zero-order valence-electron chi connectivity index (χ0n) is 13.5. The molecule has 0 saturated carbocycles. The maximum atomic E-state index is 12.3. The van der Waals surface area contributed by atoms with Gasteiger partial charge in [-0.05, 0) is 45.2 Å². The fourth-order valence-corrected chi connectivity index (χ4v) is 3.78. The number of hydrogen-bond acceptors (Lipinski definition) is 4. The number of carbonyl (C=O) groups is 1. The van der Waals surface area contributed by atoms with Gasteiger partial charge in [-0.3, -0.25) is 0 Å². The molecule has 2 N–H and O–H groups in total. The Morgan fingerprint density at radius 2 is 1.91 bits per heavy atom. The van der Waals surface area contributed by atoms with Crippen molar-refractivity contribution in [2.75, 3.05) is 46.0 Å². The van der Waals surface area contributed by atoms with Crippen LogP contribution in [0.25, 0.3) is 0 Å². The fourth-order valence-electron chi connectivity index (χ4n) is 3.24. The van der Waals surface area contributed by atoms with Gasteiger partial charge in [-0.25, -0.2) is 17.9 Å². The van der Waals surface area contributed by atoms with Crippen LogP contribution in [-0.4, -0.2) is 76.3 Å². The number of likely N-dealkylation sites (N-methyl/N-ethyl adjacent to an activating group) is 1. The van der Waals surface area contributed by atoms with Crippen molar-refractivity contribution < 1.29 is 13.2 Å². The number of carbonyl (C=O) groups excluding carboxylic acids is 1. The highest BCUT2D eigenvalue weighted by molar-refractivity contribution is 7.88. The molecule has 0 aliphatic carbocycles.